The number of aliphatic carboxylic acids is 3. The van der Waals surface area contributed by atoms with Gasteiger partial charge in [0, 0.05) is 26.5 Å². The summed E-state index contributed by atoms with van der Waals surface area (Å²) in [6.07, 6.45) is 12.8. The van der Waals surface area contributed by atoms with Crippen molar-refractivity contribution in [1.82, 2.24) is 0 Å². The van der Waals surface area contributed by atoms with E-state index in [0.717, 1.165) is 57.8 Å². The molecule has 0 aromatic heterocycles. The van der Waals surface area contributed by atoms with Crippen LogP contribution < -0.4 is 15.3 Å². The number of carbonyl (C=O) groups is 3. The molecule has 230 valence electrons. The number of unbranched alkanes of at least 4 members (excludes halogenated alkanes) is 6. The van der Waals surface area contributed by atoms with Gasteiger partial charge in [0.2, 0.25) is 0 Å². The first kappa shape index (κ1) is 43.3. The summed E-state index contributed by atoms with van der Waals surface area (Å²) >= 11 is 0. The molecule has 2 radical (unpaired) electrons. The number of hydrogen-bond donors (Lipinski definition) is 0. The van der Waals surface area contributed by atoms with Crippen molar-refractivity contribution < 1.29 is 38.3 Å². The van der Waals surface area contributed by atoms with Gasteiger partial charge in [0.15, 0.2) is 0 Å². The standard InChI is InChI=1S/3C10H20O2.Sb.6H2/c3*1-10(2,3)8-6-4-5-7-9(11)12;;;;;;;/h3*4-8H2,1-3H3,(H,11,12);;6*1H/q;;;+3;;;;;;/p-3. The summed E-state index contributed by atoms with van der Waals surface area (Å²) in [5, 5.41) is 30.1. The summed E-state index contributed by atoms with van der Waals surface area (Å²) in [5.74, 6) is -2.78. The van der Waals surface area contributed by atoms with Crippen LogP contribution in [-0.4, -0.2) is 42.3 Å². The quantitative estimate of drug-likeness (QED) is 0.152. The minimum atomic E-state index is -0.925. The third-order valence-corrected chi connectivity index (χ3v) is 5.42. The van der Waals surface area contributed by atoms with E-state index >= 15 is 0 Å². The van der Waals surface area contributed by atoms with Crippen LogP contribution in [-0.2, 0) is 14.4 Å². The topological polar surface area (TPSA) is 120 Å². The van der Waals surface area contributed by atoms with Gasteiger partial charge >= 0.3 is 24.4 Å². The Morgan fingerprint density at radius 3 is 0.757 bits per heavy atom. The summed E-state index contributed by atoms with van der Waals surface area (Å²) in [6.45, 7) is 19.8. The van der Waals surface area contributed by atoms with Crippen LogP contribution in [0, 0.1) is 16.2 Å². The molecule has 0 spiro atoms. The van der Waals surface area contributed by atoms with Crippen LogP contribution in [0.25, 0.3) is 0 Å². The molecule has 0 rings (SSSR count). The number of carbonyl (C=O) groups excluding carboxylic acids is 3. The van der Waals surface area contributed by atoms with Crippen molar-refractivity contribution in [3.8, 4) is 0 Å². The Bertz CT molecular complexity index is 512. The van der Waals surface area contributed by atoms with Gasteiger partial charge in [-0.25, -0.2) is 0 Å². The summed E-state index contributed by atoms with van der Waals surface area (Å²) in [7, 11) is 0. The molecule has 0 amide bonds. The van der Waals surface area contributed by atoms with Gasteiger partial charge in [0.1, 0.15) is 0 Å². The molecule has 6 nitrogen and oxygen atoms in total. The largest absolute Gasteiger partial charge is 3.00 e. The number of carboxylic acids is 3. The second-order valence-electron chi connectivity index (χ2n) is 13.5. The van der Waals surface area contributed by atoms with Gasteiger partial charge < -0.3 is 29.7 Å². The fourth-order valence-corrected chi connectivity index (χ4v) is 3.30. The van der Waals surface area contributed by atoms with Crippen molar-refractivity contribution in [1.29, 1.82) is 0 Å². The third kappa shape index (κ3) is 56.5. The molecule has 0 atom stereocenters. The zero-order chi connectivity index (χ0) is 28.8. The number of rotatable bonds is 15. The molecule has 0 saturated heterocycles. The molecule has 0 aromatic rings. The average molecular weight is 648 g/mol. The second kappa shape index (κ2) is 24.3. The minimum Gasteiger partial charge on any atom is -0.550 e. The normalized spacial score (nSPS) is 11.3. The van der Waals surface area contributed by atoms with Crippen LogP contribution in [0.3, 0.4) is 0 Å². The number of carboxylic acid groups (broad SMARTS) is 3. The summed E-state index contributed by atoms with van der Waals surface area (Å²) in [5.41, 5.74) is 1.13. The van der Waals surface area contributed by atoms with Crippen LogP contribution in [0.1, 0.15) is 167 Å². The summed E-state index contributed by atoms with van der Waals surface area (Å²) in [4.78, 5) is 30.1. The Balaban J connectivity index is -0.0000000439. The zero-order valence-corrected chi connectivity index (χ0v) is 28.1. The molecule has 0 unspecified atom stereocenters. The van der Waals surface area contributed by atoms with E-state index in [4.69, 9.17) is 0 Å². The minimum absolute atomic E-state index is 0. The van der Waals surface area contributed by atoms with E-state index in [2.05, 4.69) is 62.3 Å². The molecule has 0 aliphatic carbocycles. The monoisotopic (exact) mass is 646 g/mol. The zero-order valence-electron chi connectivity index (χ0n) is 25.5. The van der Waals surface area contributed by atoms with Crippen LogP contribution in [0.5, 0.6) is 0 Å². The first-order valence-corrected chi connectivity index (χ1v) is 13.8. The van der Waals surface area contributed by atoms with Gasteiger partial charge in [-0.15, -0.1) is 0 Å². The van der Waals surface area contributed by atoms with Gasteiger partial charge in [0.05, 0.1) is 0 Å². The van der Waals surface area contributed by atoms with E-state index in [0.29, 0.717) is 16.2 Å². The third-order valence-electron chi connectivity index (χ3n) is 5.42. The summed E-state index contributed by atoms with van der Waals surface area (Å²) in [6, 6.07) is 0. The first-order chi connectivity index (χ1) is 16.2. The van der Waals surface area contributed by atoms with Gasteiger partial charge in [-0.2, -0.15) is 0 Å². The Morgan fingerprint density at radius 2 is 0.622 bits per heavy atom. The van der Waals surface area contributed by atoms with Crippen molar-refractivity contribution in [2.24, 2.45) is 16.2 Å². The molecule has 0 fully saturated rings. The van der Waals surface area contributed by atoms with E-state index < -0.39 is 17.9 Å². The molecular weight excluding hydrogens is 578 g/mol. The fourth-order valence-electron chi connectivity index (χ4n) is 3.30. The van der Waals surface area contributed by atoms with E-state index in [1.807, 2.05) is 0 Å². The van der Waals surface area contributed by atoms with Gasteiger partial charge in [0.25, 0.3) is 0 Å². The van der Waals surface area contributed by atoms with E-state index in [9.17, 15) is 29.7 Å². The van der Waals surface area contributed by atoms with Crippen molar-refractivity contribution in [2.75, 3.05) is 0 Å². The average Bonchev–Trinajstić information content (AvgIpc) is 2.65. The predicted octanol–water partition coefficient (Wildman–Crippen LogP) is 6.29. The molecule has 0 heterocycles. The van der Waals surface area contributed by atoms with Crippen LogP contribution in [0.2, 0.25) is 0 Å². The smallest absolute Gasteiger partial charge is 0.550 e. The Kier molecular flexibility index (Phi) is 28.4. The second-order valence-corrected chi connectivity index (χ2v) is 13.5. The SMILES string of the molecule is CC(C)(C)CCCCCC(=O)[O-].CC(C)(C)CCCCCC(=O)[O-].CC(C)(C)CCCCCC(=O)[O-].[HH].[HH].[HH].[HH].[HH].[HH].[Sb+3]. The van der Waals surface area contributed by atoms with Gasteiger partial charge in [-0.3, -0.25) is 0 Å². The fraction of sp³-hybridized carbons (Fsp3) is 0.900. The predicted molar refractivity (Wildman–Crippen MR) is 161 cm³/mol. The van der Waals surface area contributed by atoms with Gasteiger partial charge in [-0.1, -0.05) is 101 Å². The Labute approximate surface area is 255 Å². The van der Waals surface area contributed by atoms with Crippen LogP contribution >= 0.6 is 0 Å². The van der Waals surface area contributed by atoms with Crippen molar-refractivity contribution in [3.63, 3.8) is 0 Å². The molecule has 7 heteroatoms. The van der Waals surface area contributed by atoms with Gasteiger partial charge in [-0.05, 0) is 74.0 Å². The van der Waals surface area contributed by atoms with E-state index in [1.165, 1.54) is 19.3 Å². The molecule has 0 N–H and O–H groups in total. The van der Waals surface area contributed by atoms with E-state index in [1.54, 1.807) is 0 Å². The maximum absolute atomic E-state index is 10.0. The first-order valence-electron chi connectivity index (χ1n) is 13.8. The molecule has 0 bridgehead atoms. The molecule has 0 aromatic carbocycles. The van der Waals surface area contributed by atoms with E-state index in [-0.39, 0.29) is 52.3 Å². The van der Waals surface area contributed by atoms with Crippen LogP contribution in [0.4, 0.5) is 0 Å². The van der Waals surface area contributed by atoms with Crippen molar-refractivity contribution in [3.05, 3.63) is 0 Å². The number of hydrogen-bond acceptors (Lipinski definition) is 6. The Hall–Kier alpha value is -0.772. The molecule has 0 aliphatic heterocycles. The molecule has 37 heavy (non-hydrogen) atoms. The van der Waals surface area contributed by atoms with Crippen LogP contribution in [0.15, 0.2) is 0 Å². The van der Waals surface area contributed by atoms with Crippen molar-refractivity contribution >= 4 is 42.3 Å². The molecule has 0 aliphatic rings. The maximum atomic E-state index is 10.0. The van der Waals surface area contributed by atoms with Crippen molar-refractivity contribution in [2.45, 2.75) is 159 Å². The molecule has 0 saturated carbocycles. The summed E-state index contributed by atoms with van der Waals surface area (Å²) < 4.78 is 0. The maximum Gasteiger partial charge on any atom is 3.00 e. The Morgan fingerprint density at radius 1 is 0.432 bits per heavy atom. The molecular formula is C30H69O6Sb.